The Kier molecular flexibility index (Phi) is 2.92. The molecule has 1 rings (SSSR count). The number of hydrogen-bond donors (Lipinski definition) is 0. The second-order valence-electron chi connectivity index (χ2n) is 3.54. The average Bonchev–Trinajstić information content (AvgIpc) is 2.13. The van der Waals surface area contributed by atoms with Crippen molar-refractivity contribution < 1.29 is 4.79 Å². The van der Waals surface area contributed by atoms with Crippen LogP contribution in [0.25, 0.3) is 0 Å². The van der Waals surface area contributed by atoms with Crippen LogP contribution in [0.1, 0.15) is 33.1 Å². The first kappa shape index (κ1) is 8.57. The first-order valence-corrected chi connectivity index (χ1v) is 4.45. The van der Waals surface area contributed by atoms with Gasteiger partial charge in [-0.05, 0) is 25.2 Å². The Bertz CT molecular complexity index is 144. The number of amides is 1. The van der Waals surface area contributed by atoms with Crippen LogP contribution in [-0.2, 0) is 4.79 Å². The van der Waals surface area contributed by atoms with Crippen molar-refractivity contribution >= 4 is 5.91 Å². The van der Waals surface area contributed by atoms with E-state index < -0.39 is 0 Å². The van der Waals surface area contributed by atoms with Crippen LogP contribution < -0.4 is 0 Å². The molecule has 0 unspecified atom stereocenters. The monoisotopic (exact) mass is 155 g/mol. The summed E-state index contributed by atoms with van der Waals surface area (Å²) >= 11 is 0. The Labute approximate surface area is 68.6 Å². The van der Waals surface area contributed by atoms with Gasteiger partial charge in [0.25, 0.3) is 0 Å². The van der Waals surface area contributed by atoms with Gasteiger partial charge in [-0.1, -0.05) is 6.92 Å². The molecule has 0 bridgehead atoms. The summed E-state index contributed by atoms with van der Waals surface area (Å²) in [6.07, 6.45) is 3.64. The van der Waals surface area contributed by atoms with Gasteiger partial charge < -0.3 is 4.90 Å². The van der Waals surface area contributed by atoms with Gasteiger partial charge in [0.1, 0.15) is 0 Å². The summed E-state index contributed by atoms with van der Waals surface area (Å²) in [4.78, 5) is 12.9. The van der Waals surface area contributed by atoms with Crippen molar-refractivity contribution in [2.75, 3.05) is 13.1 Å². The van der Waals surface area contributed by atoms with E-state index in [0.29, 0.717) is 0 Å². The first-order valence-electron chi connectivity index (χ1n) is 4.45. The lowest BCUT2D eigenvalue weighted by Gasteiger charge is -2.17. The van der Waals surface area contributed by atoms with Gasteiger partial charge in [0.15, 0.2) is 0 Å². The summed E-state index contributed by atoms with van der Waals surface area (Å²) in [5.41, 5.74) is 0. The second kappa shape index (κ2) is 3.74. The average molecular weight is 155 g/mol. The SMILES string of the molecule is CC(=O)N1CCC[C@H](C)CC1. The lowest BCUT2D eigenvalue weighted by molar-refractivity contribution is -0.128. The third-order valence-electron chi connectivity index (χ3n) is 2.46. The Hall–Kier alpha value is -0.530. The quantitative estimate of drug-likeness (QED) is 0.521. The predicted octanol–water partition coefficient (Wildman–Crippen LogP) is 1.65. The second-order valence-corrected chi connectivity index (χ2v) is 3.54. The zero-order valence-electron chi connectivity index (χ0n) is 7.47. The van der Waals surface area contributed by atoms with E-state index in [9.17, 15) is 4.79 Å². The fraction of sp³-hybridized carbons (Fsp3) is 0.889. The summed E-state index contributed by atoms with van der Waals surface area (Å²) in [5.74, 6) is 1.04. The standard InChI is InChI=1S/C9H17NO/c1-8-4-3-6-10(7-5-8)9(2)11/h8H,3-7H2,1-2H3/t8-/m0/s1. The van der Waals surface area contributed by atoms with Crippen molar-refractivity contribution in [1.82, 2.24) is 4.90 Å². The zero-order valence-corrected chi connectivity index (χ0v) is 7.47. The molecule has 0 spiro atoms. The van der Waals surface area contributed by atoms with E-state index in [2.05, 4.69) is 6.92 Å². The molecule has 1 heterocycles. The Morgan fingerprint density at radius 2 is 2.09 bits per heavy atom. The molecule has 11 heavy (non-hydrogen) atoms. The maximum atomic E-state index is 11.0. The maximum Gasteiger partial charge on any atom is 0.219 e. The molecule has 0 N–H and O–H groups in total. The van der Waals surface area contributed by atoms with Crippen LogP contribution in [0, 0.1) is 5.92 Å². The first-order chi connectivity index (χ1) is 5.20. The van der Waals surface area contributed by atoms with Crippen LogP contribution >= 0.6 is 0 Å². The molecular formula is C9H17NO. The van der Waals surface area contributed by atoms with Gasteiger partial charge in [-0.15, -0.1) is 0 Å². The van der Waals surface area contributed by atoms with Crippen molar-refractivity contribution in [2.45, 2.75) is 33.1 Å². The molecule has 0 saturated carbocycles. The highest BCUT2D eigenvalue weighted by atomic mass is 16.2. The molecule has 0 aromatic carbocycles. The van der Waals surface area contributed by atoms with Gasteiger partial charge in [-0.25, -0.2) is 0 Å². The van der Waals surface area contributed by atoms with Gasteiger partial charge in [-0.3, -0.25) is 4.79 Å². The minimum Gasteiger partial charge on any atom is -0.343 e. The zero-order chi connectivity index (χ0) is 8.27. The summed E-state index contributed by atoms with van der Waals surface area (Å²) in [7, 11) is 0. The van der Waals surface area contributed by atoms with Gasteiger partial charge in [-0.2, -0.15) is 0 Å². The molecule has 64 valence electrons. The Morgan fingerprint density at radius 1 is 1.36 bits per heavy atom. The molecule has 1 aliphatic heterocycles. The number of carbonyl (C=O) groups excluding carboxylic acids is 1. The highest BCUT2D eigenvalue weighted by Gasteiger charge is 2.14. The van der Waals surface area contributed by atoms with E-state index in [-0.39, 0.29) is 5.91 Å². The van der Waals surface area contributed by atoms with Gasteiger partial charge >= 0.3 is 0 Å². The van der Waals surface area contributed by atoms with Crippen LogP contribution in [0.3, 0.4) is 0 Å². The van der Waals surface area contributed by atoms with E-state index in [1.807, 2.05) is 4.90 Å². The minimum atomic E-state index is 0.235. The van der Waals surface area contributed by atoms with Crippen molar-refractivity contribution in [2.24, 2.45) is 5.92 Å². The molecule has 0 aromatic rings. The topological polar surface area (TPSA) is 20.3 Å². The molecule has 1 aliphatic rings. The van der Waals surface area contributed by atoms with E-state index in [1.54, 1.807) is 6.92 Å². The lowest BCUT2D eigenvalue weighted by atomic mass is 10.0. The number of carbonyl (C=O) groups is 1. The summed E-state index contributed by atoms with van der Waals surface area (Å²) in [5, 5.41) is 0. The van der Waals surface area contributed by atoms with Crippen LogP contribution in [0.2, 0.25) is 0 Å². The minimum absolute atomic E-state index is 0.235. The van der Waals surface area contributed by atoms with Gasteiger partial charge in [0.2, 0.25) is 5.91 Å². The fourth-order valence-electron chi connectivity index (χ4n) is 1.58. The van der Waals surface area contributed by atoms with E-state index in [1.165, 1.54) is 19.3 Å². The molecule has 1 saturated heterocycles. The lowest BCUT2D eigenvalue weighted by Crippen LogP contribution is -2.29. The summed E-state index contributed by atoms with van der Waals surface area (Å²) < 4.78 is 0. The van der Waals surface area contributed by atoms with Crippen molar-refractivity contribution in [3.05, 3.63) is 0 Å². The largest absolute Gasteiger partial charge is 0.343 e. The highest BCUT2D eigenvalue weighted by Crippen LogP contribution is 2.15. The normalized spacial score (nSPS) is 26.4. The Balaban J connectivity index is 2.40. The van der Waals surface area contributed by atoms with E-state index in [4.69, 9.17) is 0 Å². The molecule has 2 heteroatoms. The van der Waals surface area contributed by atoms with Crippen LogP contribution in [0.4, 0.5) is 0 Å². The fourth-order valence-corrected chi connectivity index (χ4v) is 1.58. The molecule has 0 aliphatic carbocycles. The summed E-state index contributed by atoms with van der Waals surface area (Å²) in [6, 6.07) is 0. The molecule has 0 aromatic heterocycles. The number of likely N-dealkylation sites (tertiary alicyclic amines) is 1. The van der Waals surface area contributed by atoms with Crippen molar-refractivity contribution in [3.63, 3.8) is 0 Å². The number of nitrogens with zero attached hydrogens (tertiary/aromatic N) is 1. The molecule has 1 atom stereocenters. The van der Waals surface area contributed by atoms with E-state index >= 15 is 0 Å². The molecule has 1 fully saturated rings. The highest BCUT2D eigenvalue weighted by molar-refractivity contribution is 5.73. The number of hydrogen-bond acceptors (Lipinski definition) is 1. The molecule has 2 nitrogen and oxygen atoms in total. The van der Waals surface area contributed by atoms with E-state index in [0.717, 1.165) is 19.0 Å². The number of rotatable bonds is 0. The molecule has 1 amide bonds. The predicted molar refractivity (Wildman–Crippen MR) is 45.3 cm³/mol. The van der Waals surface area contributed by atoms with Gasteiger partial charge in [0, 0.05) is 20.0 Å². The molecular weight excluding hydrogens is 138 g/mol. The Morgan fingerprint density at radius 3 is 2.73 bits per heavy atom. The van der Waals surface area contributed by atoms with Crippen LogP contribution in [0.5, 0.6) is 0 Å². The molecule has 0 radical (unpaired) electrons. The van der Waals surface area contributed by atoms with Crippen molar-refractivity contribution in [1.29, 1.82) is 0 Å². The maximum absolute atomic E-state index is 11.0. The van der Waals surface area contributed by atoms with Crippen LogP contribution in [0.15, 0.2) is 0 Å². The van der Waals surface area contributed by atoms with Crippen molar-refractivity contribution in [3.8, 4) is 0 Å². The van der Waals surface area contributed by atoms with Crippen LogP contribution in [-0.4, -0.2) is 23.9 Å². The van der Waals surface area contributed by atoms with Gasteiger partial charge in [0.05, 0.1) is 0 Å². The smallest absolute Gasteiger partial charge is 0.219 e. The third-order valence-corrected chi connectivity index (χ3v) is 2.46. The summed E-state index contributed by atoms with van der Waals surface area (Å²) in [6.45, 7) is 5.87. The third kappa shape index (κ3) is 2.52.